The Morgan fingerprint density at radius 1 is 1.22 bits per heavy atom. The van der Waals surface area contributed by atoms with Gasteiger partial charge in [-0.2, -0.15) is 0 Å². The predicted octanol–water partition coefficient (Wildman–Crippen LogP) is 2.89. The Kier molecular flexibility index (Phi) is 4.10. The lowest BCUT2D eigenvalue weighted by molar-refractivity contribution is 0.415. The number of hydrogen-bond acceptors (Lipinski definition) is 3. The van der Waals surface area contributed by atoms with Crippen LogP contribution in [0.1, 0.15) is 11.1 Å². The summed E-state index contributed by atoms with van der Waals surface area (Å²) in [4.78, 5) is 4.45. The first kappa shape index (κ1) is 14.8. The molecule has 0 radical (unpaired) electrons. The first-order chi connectivity index (χ1) is 11.2. The van der Waals surface area contributed by atoms with Crippen LogP contribution in [0, 0.1) is 5.41 Å². The van der Waals surface area contributed by atoms with Crippen molar-refractivity contribution in [3.05, 3.63) is 72.1 Å². The summed E-state index contributed by atoms with van der Waals surface area (Å²) in [5, 5.41) is 7.54. The molecule has 0 aliphatic heterocycles. The van der Waals surface area contributed by atoms with Gasteiger partial charge in [0, 0.05) is 30.1 Å². The van der Waals surface area contributed by atoms with E-state index in [4.69, 9.17) is 15.9 Å². The number of nitrogens with two attached hydrogens (primary N) is 1. The first-order valence-electron chi connectivity index (χ1n) is 7.26. The van der Waals surface area contributed by atoms with E-state index in [0.29, 0.717) is 6.54 Å². The number of nitrogens with zero attached hydrogens (tertiary/aromatic N) is 2. The van der Waals surface area contributed by atoms with E-state index in [0.717, 1.165) is 28.3 Å². The van der Waals surface area contributed by atoms with E-state index in [1.807, 2.05) is 54.7 Å². The number of rotatable bonds is 5. The van der Waals surface area contributed by atoms with Crippen LogP contribution < -0.4 is 10.5 Å². The minimum atomic E-state index is 0.0767. The summed E-state index contributed by atoms with van der Waals surface area (Å²) in [7, 11) is 1.65. The Balaban J connectivity index is 1.88. The van der Waals surface area contributed by atoms with E-state index in [1.165, 1.54) is 0 Å². The molecule has 0 saturated carbocycles. The smallest absolute Gasteiger partial charge is 0.140 e. The van der Waals surface area contributed by atoms with Crippen LogP contribution in [0.4, 0.5) is 0 Å². The summed E-state index contributed by atoms with van der Waals surface area (Å²) in [6.45, 7) is 0.669. The molecule has 1 heterocycles. The molecule has 0 saturated heterocycles. The molecule has 0 aliphatic carbocycles. The fourth-order valence-electron chi connectivity index (χ4n) is 2.47. The number of methoxy groups -OCH3 is 1. The van der Waals surface area contributed by atoms with E-state index in [-0.39, 0.29) is 5.84 Å². The van der Waals surface area contributed by atoms with Crippen molar-refractivity contribution < 1.29 is 4.74 Å². The fourth-order valence-corrected chi connectivity index (χ4v) is 2.47. The molecule has 5 heteroatoms. The average molecular weight is 306 g/mol. The highest BCUT2D eigenvalue weighted by atomic mass is 16.5. The molecule has 0 unspecified atom stereocenters. The van der Waals surface area contributed by atoms with E-state index in [1.54, 1.807) is 13.3 Å². The van der Waals surface area contributed by atoms with E-state index >= 15 is 0 Å². The molecule has 3 rings (SSSR count). The first-order valence-corrected chi connectivity index (χ1v) is 7.26. The Bertz CT molecular complexity index is 821. The zero-order valence-corrected chi connectivity index (χ0v) is 12.9. The minimum absolute atomic E-state index is 0.0767. The third kappa shape index (κ3) is 3.23. The van der Waals surface area contributed by atoms with Crippen LogP contribution in [0.25, 0.3) is 11.4 Å². The molecular formula is C18H18N4O. The standard InChI is InChI=1S/C18H18N4O/c1-23-16-7-5-14(6-8-16)18-21-9-10-22(18)12-13-3-2-4-15(11-13)17(19)20/h2-11H,12H2,1H3,(H3,19,20). The largest absolute Gasteiger partial charge is 0.497 e. The molecule has 1 aromatic heterocycles. The molecule has 5 nitrogen and oxygen atoms in total. The zero-order valence-electron chi connectivity index (χ0n) is 12.9. The molecule has 23 heavy (non-hydrogen) atoms. The maximum atomic E-state index is 7.54. The normalized spacial score (nSPS) is 10.5. The number of nitrogen functional groups attached to an aromatic ring is 1. The topological polar surface area (TPSA) is 76.9 Å². The van der Waals surface area contributed by atoms with Gasteiger partial charge in [0.2, 0.25) is 0 Å². The van der Waals surface area contributed by atoms with Gasteiger partial charge in [-0.1, -0.05) is 18.2 Å². The van der Waals surface area contributed by atoms with E-state index < -0.39 is 0 Å². The van der Waals surface area contributed by atoms with Crippen molar-refractivity contribution in [1.29, 1.82) is 5.41 Å². The van der Waals surface area contributed by atoms with Crippen LogP contribution in [-0.2, 0) is 6.54 Å². The Labute approximate surface area is 134 Å². The van der Waals surface area contributed by atoms with Crippen molar-refractivity contribution >= 4 is 5.84 Å². The number of aromatic nitrogens is 2. The summed E-state index contributed by atoms with van der Waals surface area (Å²) in [5.74, 6) is 1.79. The van der Waals surface area contributed by atoms with Gasteiger partial charge < -0.3 is 15.0 Å². The Morgan fingerprint density at radius 3 is 2.70 bits per heavy atom. The van der Waals surface area contributed by atoms with Crippen LogP contribution in [0.3, 0.4) is 0 Å². The second kappa shape index (κ2) is 6.36. The third-order valence-electron chi connectivity index (χ3n) is 3.65. The van der Waals surface area contributed by atoms with Crippen molar-refractivity contribution in [3.63, 3.8) is 0 Å². The lowest BCUT2D eigenvalue weighted by Crippen LogP contribution is -2.11. The van der Waals surface area contributed by atoms with Crippen molar-refractivity contribution in [2.75, 3.05) is 7.11 Å². The predicted molar refractivity (Wildman–Crippen MR) is 90.8 cm³/mol. The summed E-state index contributed by atoms with van der Waals surface area (Å²) < 4.78 is 7.26. The molecule has 3 aromatic rings. The number of nitrogens with one attached hydrogen (secondary N) is 1. The van der Waals surface area contributed by atoms with Gasteiger partial charge in [-0.15, -0.1) is 0 Å². The van der Waals surface area contributed by atoms with Gasteiger partial charge >= 0.3 is 0 Å². The lowest BCUT2D eigenvalue weighted by Gasteiger charge is -2.10. The maximum absolute atomic E-state index is 7.54. The van der Waals surface area contributed by atoms with Crippen LogP contribution in [-0.4, -0.2) is 22.5 Å². The lowest BCUT2D eigenvalue weighted by atomic mass is 10.1. The number of amidine groups is 1. The molecule has 2 aromatic carbocycles. The minimum Gasteiger partial charge on any atom is -0.497 e. The highest BCUT2D eigenvalue weighted by Gasteiger charge is 2.07. The molecule has 0 bridgehead atoms. The molecule has 0 amide bonds. The van der Waals surface area contributed by atoms with Gasteiger partial charge in [-0.05, 0) is 35.9 Å². The van der Waals surface area contributed by atoms with Crippen LogP contribution in [0.2, 0.25) is 0 Å². The SMILES string of the molecule is COc1ccc(-c2nccn2Cc2cccc(C(=N)N)c2)cc1. The van der Waals surface area contributed by atoms with Crippen molar-refractivity contribution in [2.45, 2.75) is 6.54 Å². The molecular weight excluding hydrogens is 288 g/mol. The maximum Gasteiger partial charge on any atom is 0.140 e. The Morgan fingerprint density at radius 2 is 2.00 bits per heavy atom. The molecule has 3 N–H and O–H groups in total. The molecule has 0 aliphatic rings. The van der Waals surface area contributed by atoms with Crippen molar-refractivity contribution in [3.8, 4) is 17.1 Å². The quantitative estimate of drug-likeness (QED) is 0.562. The summed E-state index contributed by atoms with van der Waals surface area (Å²) in [6, 6.07) is 15.5. The van der Waals surface area contributed by atoms with Crippen molar-refractivity contribution in [1.82, 2.24) is 9.55 Å². The summed E-state index contributed by atoms with van der Waals surface area (Å²) >= 11 is 0. The third-order valence-corrected chi connectivity index (χ3v) is 3.65. The van der Waals surface area contributed by atoms with Crippen LogP contribution in [0.5, 0.6) is 5.75 Å². The van der Waals surface area contributed by atoms with Crippen LogP contribution in [0.15, 0.2) is 60.9 Å². The van der Waals surface area contributed by atoms with E-state index in [9.17, 15) is 0 Å². The summed E-state index contributed by atoms with van der Waals surface area (Å²) in [6.07, 6.45) is 3.73. The van der Waals surface area contributed by atoms with Gasteiger partial charge in [0.05, 0.1) is 7.11 Å². The number of ether oxygens (including phenoxy) is 1. The second-order valence-corrected chi connectivity index (χ2v) is 5.22. The van der Waals surface area contributed by atoms with E-state index in [2.05, 4.69) is 9.55 Å². The summed E-state index contributed by atoms with van der Waals surface area (Å²) in [5.41, 5.74) is 8.39. The van der Waals surface area contributed by atoms with Gasteiger partial charge in [-0.3, -0.25) is 5.41 Å². The highest BCUT2D eigenvalue weighted by molar-refractivity contribution is 5.95. The average Bonchev–Trinajstić information content (AvgIpc) is 3.03. The molecule has 0 atom stereocenters. The second-order valence-electron chi connectivity index (χ2n) is 5.22. The van der Waals surface area contributed by atoms with Gasteiger partial charge in [0.15, 0.2) is 0 Å². The van der Waals surface area contributed by atoms with Gasteiger partial charge in [-0.25, -0.2) is 4.98 Å². The van der Waals surface area contributed by atoms with Crippen molar-refractivity contribution in [2.24, 2.45) is 5.73 Å². The molecule has 0 fully saturated rings. The van der Waals surface area contributed by atoms with Gasteiger partial charge in [0.1, 0.15) is 17.4 Å². The molecule has 116 valence electrons. The number of imidazole rings is 1. The molecule has 0 spiro atoms. The van der Waals surface area contributed by atoms with Crippen LogP contribution >= 0.6 is 0 Å². The Hall–Kier alpha value is -3.08. The zero-order chi connectivity index (χ0) is 16.2. The number of hydrogen-bond donors (Lipinski definition) is 2. The monoisotopic (exact) mass is 306 g/mol. The number of benzene rings is 2. The van der Waals surface area contributed by atoms with Gasteiger partial charge in [0.25, 0.3) is 0 Å². The highest BCUT2D eigenvalue weighted by Crippen LogP contribution is 2.22. The fraction of sp³-hybridized carbons (Fsp3) is 0.111.